The van der Waals surface area contributed by atoms with Crippen molar-refractivity contribution in [3.05, 3.63) is 34.6 Å². The Kier molecular flexibility index (Phi) is 6.06. The molecule has 0 aliphatic rings. The maximum atomic E-state index is 12.9. The van der Waals surface area contributed by atoms with Crippen LogP contribution in [0.3, 0.4) is 0 Å². The second-order valence-electron chi connectivity index (χ2n) is 4.92. The molecular formula is C14H22ClFN2. The van der Waals surface area contributed by atoms with Gasteiger partial charge in [-0.3, -0.25) is 0 Å². The standard InChI is InChI=1S/C14H22ClFN2/c1-10(2)18(4)8-7-17-11(3)13-6-5-12(16)9-14(13)15/h5-6,9-11,17H,7-8H2,1-4H3. The Hall–Kier alpha value is -0.640. The van der Waals surface area contributed by atoms with E-state index in [1.54, 1.807) is 6.07 Å². The molecule has 0 aromatic heterocycles. The molecule has 0 saturated carbocycles. The Bertz CT molecular complexity index is 382. The van der Waals surface area contributed by atoms with Crippen LogP contribution in [0.25, 0.3) is 0 Å². The lowest BCUT2D eigenvalue weighted by Gasteiger charge is -2.23. The lowest BCUT2D eigenvalue weighted by molar-refractivity contribution is 0.270. The summed E-state index contributed by atoms with van der Waals surface area (Å²) >= 11 is 6.03. The quantitative estimate of drug-likeness (QED) is 0.853. The van der Waals surface area contributed by atoms with Crippen molar-refractivity contribution in [2.45, 2.75) is 32.9 Å². The minimum Gasteiger partial charge on any atom is -0.309 e. The van der Waals surface area contributed by atoms with Crippen molar-refractivity contribution in [2.75, 3.05) is 20.1 Å². The summed E-state index contributed by atoms with van der Waals surface area (Å²) in [5.41, 5.74) is 0.935. The number of likely N-dealkylation sites (N-methyl/N-ethyl adjacent to an activating group) is 1. The molecular weight excluding hydrogens is 251 g/mol. The van der Waals surface area contributed by atoms with Crippen LogP contribution in [0.4, 0.5) is 4.39 Å². The molecule has 18 heavy (non-hydrogen) atoms. The summed E-state index contributed by atoms with van der Waals surface area (Å²) in [6, 6.07) is 5.20. The largest absolute Gasteiger partial charge is 0.309 e. The minimum absolute atomic E-state index is 0.124. The summed E-state index contributed by atoms with van der Waals surface area (Å²) in [5, 5.41) is 3.88. The molecule has 0 fully saturated rings. The van der Waals surface area contributed by atoms with E-state index in [1.807, 2.05) is 6.92 Å². The van der Waals surface area contributed by atoms with E-state index in [-0.39, 0.29) is 11.9 Å². The van der Waals surface area contributed by atoms with Crippen LogP contribution in [-0.2, 0) is 0 Å². The molecule has 1 N–H and O–H groups in total. The minimum atomic E-state index is -0.296. The normalized spacial score (nSPS) is 13.3. The topological polar surface area (TPSA) is 15.3 Å². The summed E-state index contributed by atoms with van der Waals surface area (Å²) in [7, 11) is 2.10. The van der Waals surface area contributed by atoms with Crippen LogP contribution in [-0.4, -0.2) is 31.1 Å². The number of benzene rings is 1. The average Bonchev–Trinajstić information content (AvgIpc) is 2.28. The van der Waals surface area contributed by atoms with Gasteiger partial charge in [-0.1, -0.05) is 17.7 Å². The Morgan fingerprint density at radius 2 is 2.00 bits per heavy atom. The molecule has 0 bridgehead atoms. The molecule has 1 aromatic rings. The number of nitrogens with one attached hydrogen (secondary N) is 1. The van der Waals surface area contributed by atoms with Crippen LogP contribution in [0.5, 0.6) is 0 Å². The van der Waals surface area contributed by atoms with Gasteiger partial charge in [-0.15, -0.1) is 0 Å². The van der Waals surface area contributed by atoms with Crippen molar-refractivity contribution in [1.82, 2.24) is 10.2 Å². The van der Waals surface area contributed by atoms with Crippen LogP contribution in [0.15, 0.2) is 18.2 Å². The molecule has 0 heterocycles. The number of hydrogen-bond acceptors (Lipinski definition) is 2. The highest BCUT2D eigenvalue weighted by Crippen LogP contribution is 2.23. The van der Waals surface area contributed by atoms with E-state index in [9.17, 15) is 4.39 Å². The predicted octanol–water partition coefficient (Wildman–Crippen LogP) is 3.47. The first kappa shape index (κ1) is 15.4. The van der Waals surface area contributed by atoms with Gasteiger partial charge in [0.2, 0.25) is 0 Å². The Balaban J connectivity index is 2.48. The van der Waals surface area contributed by atoms with Crippen LogP contribution < -0.4 is 5.32 Å². The van der Waals surface area contributed by atoms with Crippen LogP contribution in [0, 0.1) is 5.82 Å². The molecule has 0 spiro atoms. The van der Waals surface area contributed by atoms with Crippen LogP contribution in [0.2, 0.25) is 5.02 Å². The molecule has 1 rings (SSSR count). The van der Waals surface area contributed by atoms with Gasteiger partial charge in [-0.05, 0) is 45.5 Å². The first-order chi connectivity index (χ1) is 8.41. The lowest BCUT2D eigenvalue weighted by atomic mass is 10.1. The van der Waals surface area contributed by atoms with Gasteiger partial charge in [0.05, 0.1) is 0 Å². The highest BCUT2D eigenvalue weighted by molar-refractivity contribution is 6.31. The summed E-state index contributed by atoms with van der Waals surface area (Å²) in [6.07, 6.45) is 0. The molecule has 1 atom stereocenters. The second-order valence-corrected chi connectivity index (χ2v) is 5.32. The monoisotopic (exact) mass is 272 g/mol. The van der Waals surface area contributed by atoms with Gasteiger partial charge in [-0.2, -0.15) is 0 Å². The summed E-state index contributed by atoms with van der Waals surface area (Å²) in [4.78, 5) is 2.27. The first-order valence-electron chi connectivity index (χ1n) is 6.30. The summed E-state index contributed by atoms with van der Waals surface area (Å²) in [6.45, 7) is 8.22. The average molecular weight is 273 g/mol. The number of hydrogen-bond donors (Lipinski definition) is 1. The van der Waals surface area contributed by atoms with E-state index < -0.39 is 0 Å². The molecule has 1 unspecified atom stereocenters. The molecule has 0 amide bonds. The Morgan fingerprint density at radius 1 is 1.33 bits per heavy atom. The van der Waals surface area contributed by atoms with Crippen LogP contribution >= 0.6 is 11.6 Å². The molecule has 0 saturated heterocycles. The Morgan fingerprint density at radius 3 is 2.56 bits per heavy atom. The fourth-order valence-corrected chi connectivity index (χ4v) is 2.01. The van der Waals surface area contributed by atoms with Gasteiger partial charge < -0.3 is 10.2 Å². The third-order valence-corrected chi connectivity index (χ3v) is 3.55. The smallest absolute Gasteiger partial charge is 0.124 e. The molecule has 0 aliphatic heterocycles. The van der Waals surface area contributed by atoms with Crippen molar-refractivity contribution in [2.24, 2.45) is 0 Å². The molecule has 1 aromatic carbocycles. The third-order valence-electron chi connectivity index (χ3n) is 3.23. The van der Waals surface area contributed by atoms with Crippen LogP contribution in [0.1, 0.15) is 32.4 Å². The highest BCUT2D eigenvalue weighted by atomic mass is 35.5. The van der Waals surface area contributed by atoms with E-state index >= 15 is 0 Å². The van der Waals surface area contributed by atoms with Gasteiger partial charge >= 0.3 is 0 Å². The van der Waals surface area contributed by atoms with Gasteiger partial charge in [0.25, 0.3) is 0 Å². The zero-order valence-corrected chi connectivity index (χ0v) is 12.3. The van der Waals surface area contributed by atoms with E-state index in [0.29, 0.717) is 11.1 Å². The zero-order chi connectivity index (χ0) is 13.7. The van der Waals surface area contributed by atoms with Gasteiger partial charge in [0.1, 0.15) is 5.82 Å². The summed E-state index contributed by atoms with van der Waals surface area (Å²) < 4.78 is 12.9. The molecule has 2 nitrogen and oxygen atoms in total. The maximum absolute atomic E-state index is 12.9. The van der Waals surface area contributed by atoms with Crippen molar-refractivity contribution >= 4 is 11.6 Å². The maximum Gasteiger partial charge on any atom is 0.124 e. The molecule has 102 valence electrons. The Labute approximate surface area is 114 Å². The zero-order valence-electron chi connectivity index (χ0n) is 11.5. The van der Waals surface area contributed by atoms with E-state index in [1.165, 1.54) is 12.1 Å². The van der Waals surface area contributed by atoms with E-state index in [0.717, 1.165) is 18.7 Å². The summed E-state index contributed by atoms with van der Waals surface area (Å²) in [5.74, 6) is -0.296. The van der Waals surface area contributed by atoms with Crippen molar-refractivity contribution in [3.63, 3.8) is 0 Å². The second kappa shape index (κ2) is 7.07. The number of halogens is 2. The van der Waals surface area contributed by atoms with E-state index in [4.69, 9.17) is 11.6 Å². The van der Waals surface area contributed by atoms with Gasteiger partial charge in [-0.25, -0.2) is 4.39 Å². The fraction of sp³-hybridized carbons (Fsp3) is 0.571. The molecule has 4 heteroatoms. The predicted molar refractivity (Wildman–Crippen MR) is 75.6 cm³/mol. The lowest BCUT2D eigenvalue weighted by Crippen LogP contribution is -2.34. The number of nitrogens with zero attached hydrogens (tertiary/aromatic N) is 1. The molecule has 0 radical (unpaired) electrons. The molecule has 0 aliphatic carbocycles. The SMILES string of the molecule is CC(NCCN(C)C(C)C)c1ccc(F)cc1Cl. The third kappa shape index (κ3) is 4.56. The van der Waals surface area contributed by atoms with Gasteiger partial charge in [0, 0.05) is 30.2 Å². The van der Waals surface area contributed by atoms with Crippen molar-refractivity contribution in [3.8, 4) is 0 Å². The highest BCUT2D eigenvalue weighted by Gasteiger charge is 2.10. The van der Waals surface area contributed by atoms with Crippen molar-refractivity contribution in [1.29, 1.82) is 0 Å². The van der Waals surface area contributed by atoms with E-state index in [2.05, 4.69) is 31.1 Å². The van der Waals surface area contributed by atoms with Crippen molar-refractivity contribution < 1.29 is 4.39 Å². The fourth-order valence-electron chi connectivity index (χ4n) is 1.68. The number of rotatable bonds is 6. The first-order valence-corrected chi connectivity index (χ1v) is 6.68. The van der Waals surface area contributed by atoms with Gasteiger partial charge in [0.15, 0.2) is 0 Å².